The van der Waals surface area contributed by atoms with Crippen molar-refractivity contribution < 1.29 is 9.26 Å². The van der Waals surface area contributed by atoms with Gasteiger partial charge in [0.2, 0.25) is 0 Å². The quantitative estimate of drug-likeness (QED) is 0.560. The molecular formula is C6H15O2PS2. The van der Waals surface area contributed by atoms with Crippen LogP contribution in [0.1, 0.15) is 20.8 Å². The summed E-state index contributed by atoms with van der Waals surface area (Å²) in [5.74, 6) is 0. The van der Waals surface area contributed by atoms with E-state index in [0.29, 0.717) is 13.0 Å². The maximum Gasteiger partial charge on any atom is 0.141 e. The van der Waals surface area contributed by atoms with Crippen LogP contribution in [0.2, 0.25) is 0 Å². The third-order valence-electron chi connectivity index (χ3n) is 0.902. The molecule has 0 aliphatic rings. The van der Waals surface area contributed by atoms with Crippen molar-refractivity contribution in [3.63, 3.8) is 0 Å². The van der Waals surface area contributed by atoms with E-state index in [2.05, 4.69) is 12.2 Å². The lowest BCUT2D eigenvalue weighted by molar-refractivity contribution is 0.113. The van der Waals surface area contributed by atoms with Gasteiger partial charge in [0.1, 0.15) is 11.8 Å². The smallest absolute Gasteiger partial charge is 0.141 e. The van der Waals surface area contributed by atoms with Gasteiger partial charge in [0.15, 0.2) is 0 Å². The molecule has 0 aliphatic heterocycles. The van der Waals surface area contributed by atoms with E-state index in [4.69, 9.17) is 21.1 Å². The first kappa shape index (κ1) is 11.9. The van der Waals surface area contributed by atoms with Crippen LogP contribution in [0.4, 0.5) is 0 Å². The molecule has 0 rings (SSSR count). The highest BCUT2D eigenvalue weighted by Gasteiger charge is 2.11. The van der Waals surface area contributed by atoms with Gasteiger partial charge in [-0.05, 0) is 20.8 Å². The van der Waals surface area contributed by atoms with Gasteiger partial charge < -0.3 is 9.26 Å². The zero-order chi connectivity index (χ0) is 8.91. The summed E-state index contributed by atoms with van der Waals surface area (Å²) in [6, 6.07) is 0. The van der Waals surface area contributed by atoms with Crippen LogP contribution in [0, 0.1) is 0 Å². The predicted molar refractivity (Wildman–Crippen MR) is 56.0 cm³/mol. The van der Waals surface area contributed by atoms with Crippen LogP contribution in [0.25, 0.3) is 0 Å². The first-order chi connectivity index (χ1) is 4.98. The van der Waals surface area contributed by atoms with E-state index in [1.807, 2.05) is 20.8 Å². The standard InChI is InChI=1S/C6H15O2PS2/c1-4-8-9(10,11)5-7-6(2)3/h6H,4-5H2,1-3H3,(H,10,11). The summed E-state index contributed by atoms with van der Waals surface area (Å²) in [6.45, 7) is 6.46. The summed E-state index contributed by atoms with van der Waals surface area (Å²) in [5, 5.41) is 0. The number of hydrogen-bond acceptors (Lipinski definition) is 3. The number of hydrogen-bond donors (Lipinski definition) is 1. The summed E-state index contributed by atoms with van der Waals surface area (Å²) < 4.78 is 10.5. The van der Waals surface area contributed by atoms with E-state index >= 15 is 0 Å². The third-order valence-corrected chi connectivity index (χ3v) is 3.36. The highest BCUT2D eigenvalue weighted by molar-refractivity contribution is 8.61. The van der Waals surface area contributed by atoms with Crippen molar-refractivity contribution >= 4 is 29.5 Å². The van der Waals surface area contributed by atoms with Crippen molar-refractivity contribution in [1.82, 2.24) is 0 Å². The lowest BCUT2D eigenvalue weighted by Gasteiger charge is -2.16. The van der Waals surface area contributed by atoms with Crippen LogP contribution in [-0.2, 0) is 21.1 Å². The molecule has 1 unspecified atom stereocenters. The summed E-state index contributed by atoms with van der Waals surface area (Å²) in [4.78, 5) is 0. The van der Waals surface area contributed by atoms with Crippen molar-refractivity contribution in [2.75, 3.05) is 13.0 Å². The molecule has 0 bridgehead atoms. The fourth-order valence-corrected chi connectivity index (χ4v) is 2.49. The Hall–Kier alpha value is 0.920. The SMILES string of the molecule is CCOP(=S)(S)COC(C)C. The van der Waals surface area contributed by atoms with E-state index < -0.39 is 5.47 Å². The Morgan fingerprint density at radius 2 is 2.09 bits per heavy atom. The second-order valence-electron chi connectivity index (χ2n) is 2.40. The molecule has 0 saturated carbocycles. The number of ether oxygens (including phenoxy) is 1. The van der Waals surface area contributed by atoms with Crippen LogP contribution >= 0.6 is 17.7 Å². The minimum absolute atomic E-state index is 0.199. The van der Waals surface area contributed by atoms with Gasteiger partial charge in [0.05, 0.1) is 6.10 Å². The van der Waals surface area contributed by atoms with E-state index in [0.717, 1.165) is 0 Å². The summed E-state index contributed by atoms with van der Waals surface area (Å²) >= 11 is 9.31. The number of rotatable bonds is 5. The zero-order valence-electron chi connectivity index (χ0n) is 7.11. The second-order valence-corrected chi connectivity index (χ2v) is 8.71. The third kappa shape index (κ3) is 7.29. The molecule has 0 heterocycles. The average molecular weight is 214 g/mol. The molecule has 0 aliphatic carbocycles. The molecule has 0 fully saturated rings. The van der Waals surface area contributed by atoms with Gasteiger partial charge in [-0.15, -0.1) is 12.2 Å². The summed E-state index contributed by atoms with van der Waals surface area (Å²) in [5.41, 5.74) is -1.94. The molecule has 0 aromatic carbocycles. The van der Waals surface area contributed by atoms with Gasteiger partial charge in [0.25, 0.3) is 0 Å². The molecule has 0 aromatic rings. The Bertz CT molecular complexity index is 150. The lowest BCUT2D eigenvalue weighted by atomic mass is 10.5. The normalized spacial score (nSPS) is 16.8. The van der Waals surface area contributed by atoms with Crippen molar-refractivity contribution in [3.8, 4) is 0 Å². The average Bonchev–Trinajstić information content (AvgIpc) is 1.84. The monoisotopic (exact) mass is 214 g/mol. The largest absolute Gasteiger partial charge is 0.370 e. The summed E-state index contributed by atoms with van der Waals surface area (Å²) in [7, 11) is 0. The molecule has 0 amide bonds. The highest BCUT2D eigenvalue weighted by Crippen LogP contribution is 2.52. The van der Waals surface area contributed by atoms with Gasteiger partial charge in [-0.2, -0.15) is 0 Å². The van der Waals surface area contributed by atoms with Crippen molar-refractivity contribution in [3.05, 3.63) is 0 Å². The Morgan fingerprint density at radius 3 is 2.45 bits per heavy atom. The van der Waals surface area contributed by atoms with Crippen molar-refractivity contribution in [2.24, 2.45) is 0 Å². The van der Waals surface area contributed by atoms with Gasteiger partial charge in [0, 0.05) is 6.61 Å². The fourth-order valence-electron chi connectivity index (χ4n) is 0.482. The van der Waals surface area contributed by atoms with Crippen LogP contribution in [-0.4, -0.2) is 19.1 Å². The lowest BCUT2D eigenvalue weighted by Crippen LogP contribution is -2.03. The minimum atomic E-state index is -1.94. The van der Waals surface area contributed by atoms with E-state index in [1.165, 1.54) is 0 Å². The van der Waals surface area contributed by atoms with E-state index in [9.17, 15) is 0 Å². The summed E-state index contributed by atoms with van der Waals surface area (Å²) in [6.07, 6.45) is 0.654. The van der Waals surface area contributed by atoms with E-state index in [1.54, 1.807) is 0 Å². The molecule has 0 radical (unpaired) electrons. The van der Waals surface area contributed by atoms with Gasteiger partial charge in [-0.3, -0.25) is 0 Å². The Labute approximate surface area is 78.9 Å². The van der Waals surface area contributed by atoms with Gasteiger partial charge in [-0.1, -0.05) is 11.8 Å². The molecule has 0 aromatic heterocycles. The topological polar surface area (TPSA) is 18.5 Å². The van der Waals surface area contributed by atoms with Crippen molar-refractivity contribution in [2.45, 2.75) is 26.9 Å². The zero-order valence-corrected chi connectivity index (χ0v) is 9.72. The van der Waals surface area contributed by atoms with Gasteiger partial charge in [-0.25, -0.2) is 0 Å². The predicted octanol–water partition coefficient (Wildman–Crippen LogP) is 2.64. The van der Waals surface area contributed by atoms with Crippen LogP contribution in [0.5, 0.6) is 0 Å². The fraction of sp³-hybridized carbons (Fsp3) is 1.00. The highest BCUT2D eigenvalue weighted by atomic mass is 32.9. The molecule has 0 N–H and O–H groups in total. The first-order valence-corrected chi connectivity index (χ1v) is 7.61. The minimum Gasteiger partial charge on any atom is -0.370 e. The van der Waals surface area contributed by atoms with Crippen LogP contribution in [0.15, 0.2) is 0 Å². The van der Waals surface area contributed by atoms with Gasteiger partial charge >= 0.3 is 0 Å². The Kier molecular flexibility index (Phi) is 6.01. The maximum atomic E-state index is 5.30. The molecule has 5 heteroatoms. The molecule has 68 valence electrons. The Morgan fingerprint density at radius 1 is 1.55 bits per heavy atom. The van der Waals surface area contributed by atoms with Crippen LogP contribution in [0.3, 0.4) is 0 Å². The first-order valence-electron chi connectivity index (χ1n) is 3.56. The molecule has 0 spiro atoms. The maximum absolute atomic E-state index is 5.30. The second kappa shape index (κ2) is 5.55. The molecule has 1 atom stereocenters. The molecule has 11 heavy (non-hydrogen) atoms. The Balaban J connectivity index is 3.64. The molecule has 0 saturated heterocycles. The number of thiol groups is 1. The van der Waals surface area contributed by atoms with E-state index in [-0.39, 0.29) is 6.10 Å². The molecule has 2 nitrogen and oxygen atoms in total. The van der Waals surface area contributed by atoms with Crippen molar-refractivity contribution in [1.29, 1.82) is 0 Å². The van der Waals surface area contributed by atoms with Crippen LogP contribution < -0.4 is 0 Å². The molecular weight excluding hydrogens is 199 g/mol.